The van der Waals surface area contributed by atoms with Crippen LogP contribution in [0.4, 0.5) is 0 Å². The Hall–Kier alpha value is -1.75. The number of phenols is 2. The van der Waals surface area contributed by atoms with Gasteiger partial charge in [0.2, 0.25) is 0 Å². The molecule has 0 heterocycles. The van der Waals surface area contributed by atoms with Crippen molar-refractivity contribution in [1.82, 2.24) is 0 Å². The number of aromatic hydroxyl groups is 2. The van der Waals surface area contributed by atoms with Gasteiger partial charge in [-0.05, 0) is 17.7 Å². The molecule has 0 bridgehead atoms. The molecule has 5 heteroatoms. The van der Waals surface area contributed by atoms with Crippen LogP contribution in [0.3, 0.4) is 0 Å². The highest BCUT2D eigenvalue weighted by molar-refractivity contribution is 5.70. The summed E-state index contributed by atoms with van der Waals surface area (Å²) in [5.41, 5.74) is 0.400. The van der Waals surface area contributed by atoms with Crippen LogP contribution in [0.5, 0.6) is 11.5 Å². The fourth-order valence-corrected chi connectivity index (χ4v) is 1.00. The van der Waals surface area contributed by atoms with Gasteiger partial charge < -0.3 is 25.2 Å². The van der Waals surface area contributed by atoms with Crippen molar-refractivity contribution < 1.29 is 25.2 Å². The molecule has 0 amide bonds. The molecule has 76 valence electrons. The summed E-state index contributed by atoms with van der Waals surface area (Å²) in [4.78, 5) is 10.2. The number of carboxylic acid groups (broad SMARTS) is 1. The number of hydrogen-bond donors (Lipinski definition) is 3. The fourth-order valence-electron chi connectivity index (χ4n) is 1.00. The van der Waals surface area contributed by atoms with E-state index in [9.17, 15) is 9.90 Å². The van der Waals surface area contributed by atoms with Crippen molar-refractivity contribution in [3.8, 4) is 11.5 Å². The van der Waals surface area contributed by atoms with Gasteiger partial charge in [-0.1, -0.05) is 6.07 Å². The van der Waals surface area contributed by atoms with Gasteiger partial charge in [0.1, 0.15) is 0 Å². The standard InChI is InChI=1S/C9H10O5/c10-6-2-1-5(3-7(6)11)4-8(12)9(13)14/h1-3,8,10-12H,4H2,(H,13,14)/p-1/t8-/m0/s1. The molecule has 0 aliphatic heterocycles. The number of rotatable bonds is 3. The molecule has 0 saturated heterocycles. The Bertz CT molecular complexity index is 347. The molecule has 0 saturated carbocycles. The van der Waals surface area contributed by atoms with Crippen molar-refractivity contribution >= 4 is 5.97 Å². The number of carbonyl (C=O) groups is 1. The van der Waals surface area contributed by atoms with Gasteiger partial charge in [-0.25, -0.2) is 0 Å². The molecule has 1 aromatic rings. The van der Waals surface area contributed by atoms with E-state index in [1.54, 1.807) is 0 Å². The molecule has 0 unspecified atom stereocenters. The van der Waals surface area contributed by atoms with E-state index < -0.39 is 12.1 Å². The van der Waals surface area contributed by atoms with Crippen LogP contribution in [-0.4, -0.2) is 27.4 Å². The van der Waals surface area contributed by atoms with Crippen LogP contribution in [0.25, 0.3) is 0 Å². The first kappa shape index (κ1) is 10.3. The van der Waals surface area contributed by atoms with Crippen LogP contribution in [-0.2, 0) is 11.2 Å². The third kappa shape index (κ3) is 2.37. The van der Waals surface area contributed by atoms with Crippen LogP contribution < -0.4 is 5.11 Å². The number of benzene rings is 1. The van der Waals surface area contributed by atoms with E-state index >= 15 is 0 Å². The van der Waals surface area contributed by atoms with E-state index in [1.807, 2.05) is 0 Å². The largest absolute Gasteiger partial charge is 0.547 e. The minimum absolute atomic E-state index is 0.170. The molecular weight excluding hydrogens is 188 g/mol. The van der Waals surface area contributed by atoms with Crippen LogP contribution in [0.1, 0.15) is 5.56 Å². The first-order valence-corrected chi connectivity index (χ1v) is 3.90. The van der Waals surface area contributed by atoms with Gasteiger partial charge in [-0.15, -0.1) is 0 Å². The van der Waals surface area contributed by atoms with E-state index in [2.05, 4.69) is 0 Å². The van der Waals surface area contributed by atoms with E-state index in [0.717, 1.165) is 0 Å². The van der Waals surface area contributed by atoms with Crippen LogP contribution in [0, 0.1) is 0 Å². The number of aliphatic carboxylic acids is 1. The molecule has 1 rings (SSSR count). The maximum Gasteiger partial charge on any atom is 0.157 e. The van der Waals surface area contributed by atoms with Gasteiger partial charge in [-0.2, -0.15) is 0 Å². The zero-order valence-electron chi connectivity index (χ0n) is 7.17. The number of aliphatic hydroxyl groups excluding tert-OH is 1. The summed E-state index contributed by atoms with van der Waals surface area (Å²) < 4.78 is 0. The predicted octanol–water partition coefficient (Wildman–Crippen LogP) is -1.25. The lowest BCUT2D eigenvalue weighted by molar-refractivity contribution is -0.314. The van der Waals surface area contributed by atoms with Crippen LogP contribution in [0.15, 0.2) is 18.2 Å². The minimum Gasteiger partial charge on any atom is -0.547 e. The summed E-state index contributed by atoms with van der Waals surface area (Å²) >= 11 is 0. The maximum absolute atomic E-state index is 10.2. The Morgan fingerprint density at radius 1 is 1.36 bits per heavy atom. The second-order valence-corrected chi connectivity index (χ2v) is 2.86. The SMILES string of the molecule is O=C([O-])[C@@H](O)Cc1ccc(O)c(O)c1. The molecule has 3 N–H and O–H groups in total. The maximum atomic E-state index is 10.2. The lowest BCUT2D eigenvalue weighted by atomic mass is 10.1. The molecule has 14 heavy (non-hydrogen) atoms. The molecule has 0 aliphatic carbocycles. The third-order valence-corrected chi connectivity index (χ3v) is 1.74. The second-order valence-electron chi connectivity index (χ2n) is 2.86. The first-order valence-electron chi connectivity index (χ1n) is 3.90. The summed E-state index contributed by atoms with van der Waals surface area (Å²) in [5, 5.41) is 37.1. The summed E-state index contributed by atoms with van der Waals surface area (Å²) in [6.45, 7) is 0. The molecule has 0 aliphatic rings. The summed E-state index contributed by atoms with van der Waals surface area (Å²) in [7, 11) is 0. The molecule has 0 aromatic heterocycles. The highest BCUT2D eigenvalue weighted by Crippen LogP contribution is 2.25. The van der Waals surface area contributed by atoms with Crippen molar-refractivity contribution in [2.24, 2.45) is 0 Å². The Kier molecular flexibility index (Phi) is 2.93. The lowest BCUT2D eigenvalue weighted by Gasteiger charge is -2.11. The van der Waals surface area contributed by atoms with Gasteiger partial charge in [0, 0.05) is 6.42 Å². The number of hydrogen-bond acceptors (Lipinski definition) is 5. The molecule has 0 spiro atoms. The topological polar surface area (TPSA) is 101 Å². The normalized spacial score (nSPS) is 12.4. The van der Waals surface area contributed by atoms with E-state index in [0.29, 0.717) is 5.56 Å². The summed E-state index contributed by atoms with van der Waals surface area (Å²) in [6, 6.07) is 3.80. The van der Waals surface area contributed by atoms with E-state index in [1.165, 1.54) is 18.2 Å². The van der Waals surface area contributed by atoms with Crippen LogP contribution >= 0.6 is 0 Å². The monoisotopic (exact) mass is 197 g/mol. The third-order valence-electron chi connectivity index (χ3n) is 1.74. The molecule has 1 aromatic carbocycles. The van der Waals surface area contributed by atoms with Gasteiger partial charge in [-0.3, -0.25) is 0 Å². The van der Waals surface area contributed by atoms with Crippen molar-refractivity contribution in [2.45, 2.75) is 12.5 Å². The molecule has 1 atom stereocenters. The first-order chi connectivity index (χ1) is 6.50. The minimum atomic E-state index is -1.61. The number of phenolic OH excluding ortho intramolecular Hbond substituents is 2. The number of aliphatic hydroxyl groups is 1. The zero-order valence-corrected chi connectivity index (χ0v) is 7.17. The average molecular weight is 197 g/mol. The van der Waals surface area contributed by atoms with Gasteiger partial charge in [0.05, 0.1) is 12.1 Å². The highest BCUT2D eigenvalue weighted by Gasteiger charge is 2.08. The Morgan fingerprint density at radius 3 is 2.50 bits per heavy atom. The number of carbonyl (C=O) groups excluding carboxylic acids is 1. The Balaban J connectivity index is 2.78. The Morgan fingerprint density at radius 2 is 2.00 bits per heavy atom. The second kappa shape index (κ2) is 3.97. The molecular formula is C9H9O5-. The highest BCUT2D eigenvalue weighted by atomic mass is 16.4. The molecule has 0 fully saturated rings. The van der Waals surface area contributed by atoms with Crippen molar-refractivity contribution in [3.63, 3.8) is 0 Å². The van der Waals surface area contributed by atoms with Crippen molar-refractivity contribution in [1.29, 1.82) is 0 Å². The number of carboxylic acids is 1. The summed E-state index contributed by atoms with van der Waals surface area (Å²) in [6.07, 6.45) is -1.78. The van der Waals surface area contributed by atoms with Crippen LogP contribution in [0.2, 0.25) is 0 Å². The summed E-state index contributed by atoms with van der Waals surface area (Å²) in [5.74, 6) is -2.22. The van der Waals surface area contributed by atoms with Gasteiger partial charge in [0.15, 0.2) is 11.5 Å². The lowest BCUT2D eigenvalue weighted by Crippen LogP contribution is -2.36. The van der Waals surface area contributed by atoms with E-state index in [4.69, 9.17) is 15.3 Å². The molecule has 0 radical (unpaired) electrons. The van der Waals surface area contributed by atoms with Crippen molar-refractivity contribution in [2.75, 3.05) is 0 Å². The zero-order chi connectivity index (χ0) is 10.7. The quantitative estimate of drug-likeness (QED) is 0.526. The van der Waals surface area contributed by atoms with Gasteiger partial charge >= 0.3 is 0 Å². The predicted molar refractivity (Wildman–Crippen MR) is 44.5 cm³/mol. The van der Waals surface area contributed by atoms with E-state index in [-0.39, 0.29) is 17.9 Å². The smallest absolute Gasteiger partial charge is 0.157 e. The van der Waals surface area contributed by atoms with Gasteiger partial charge in [0.25, 0.3) is 0 Å². The average Bonchev–Trinajstić information content (AvgIpc) is 2.11. The molecule has 5 nitrogen and oxygen atoms in total. The fraction of sp³-hybridized carbons (Fsp3) is 0.222. The van der Waals surface area contributed by atoms with Crippen molar-refractivity contribution in [3.05, 3.63) is 23.8 Å². The Labute approximate surface area is 79.9 Å².